The van der Waals surface area contributed by atoms with E-state index in [2.05, 4.69) is 53.2 Å². The Kier molecular flexibility index (Phi) is 6.49. The van der Waals surface area contributed by atoms with Gasteiger partial charge in [-0.25, -0.2) is 0 Å². The number of rotatable bonds is 5. The molecule has 2 aliphatic rings. The second-order valence-electron chi connectivity index (χ2n) is 7.91. The zero-order valence-electron chi connectivity index (χ0n) is 15.8. The molecule has 1 aromatic carbocycles. The molecule has 0 unspecified atom stereocenters. The van der Waals surface area contributed by atoms with Gasteiger partial charge in [-0.15, -0.1) is 0 Å². The van der Waals surface area contributed by atoms with Crippen LogP contribution in [0.25, 0.3) is 0 Å². The van der Waals surface area contributed by atoms with E-state index < -0.39 is 0 Å². The van der Waals surface area contributed by atoms with Gasteiger partial charge in [0.15, 0.2) is 0 Å². The molecule has 4 heteroatoms. The number of piperazine rings is 1. The largest absolute Gasteiger partial charge is 0.352 e. The lowest BCUT2D eigenvalue weighted by Crippen LogP contribution is -2.51. The van der Waals surface area contributed by atoms with Crippen LogP contribution in [0.15, 0.2) is 24.3 Å². The summed E-state index contributed by atoms with van der Waals surface area (Å²) in [6.45, 7) is 10.1. The van der Waals surface area contributed by atoms with E-state index in [9.17, 15) is 4.79 Å². The van der Waals surface area contributed by atoms with E-state index in [4.69, 9.17) is 0 Å². The Morgan fingerprint density at radius 1 is 1.08 bits per heavy atom. The summed E-state index contributed by atoms with van der Waals surface area (Å²) in [5.41, 5.74) is 2.78. The molecule has 0 radical (unpaired) electrons. The molecule has 0 bridgehead atoms. The van der Waals surface area contributed by atoms with Crippen LogP contribution in [0.1, 0.15) is 43.7 Å². The van der Waals surface area contributed by atoms with Gasteiger partial charge in [0, 0.05) is 38.8 Å². The Morgan fingerprint density at radius 2 is 1.76 bits per heavy atom. The van der Waals surface area contributed by atoms with Crippen LogP contribution in [0.3, 0.4) is 0 Å². The molecule has 1 saturated heterocycles. The molecule has 25 heavy (non-hydrogen) atoms. The summed E-state index contributed by atoms with van der Waals surface area (Å²) in [5.74, 6) is 0.842. The molecule has 2 atom stereocenters. The minimum atomic E-state index is 0.214. The highest BCUT2D eigenvalue weighted by Crippen LogP contribution is 2.23. The van der Waals surface area contributed by atoms with Gasteiger partial charge in [-0.2, -0.15) is 0 Å². The van der Waals surface area contributed by atoms with Gasteiger partial charge >= 0.3 is 0 Å². The molecule has 1 saturated carbocycles. The lowest BCUT2D eigenvalue weighted by Gasteiger charge is -2.35. The molecular formula is C21H33N3O. The van der Waals surface area contributed by atoms with Crippen molar-refractivity contribution in [2.24, 2.45) is 5.92 Å². The molecule has 4 nitrogen and oxygen atoms in total. The fourth-order valence-electron chi connectivity index (χ4n) is 4.12. The van der Waals surface area contributed by atoms with E-state index in [0.29, 0.717) is 18.5 Å². The summed E-state index contributed by atoms with van der Waals surface area (Å²) in [5, 5.41) is 3.28. The molecule has 1 aliphatic heterocycles. The Balaban J connectivity index is 1.40. The maximum absolute atomic E-state index is 12.4. The van der Waals surface area contributed by atoms with Crippen LogP contribution in [0.2, 0.25) is 0 Å². The van der Waals surface area contributed by atoms with Crippen LogP contribution in [-0.2, 0) is 11.3 Å². The number of nitrogens with zero attached hydrogens (tertiary/aromatic N) is 2. The van der Waals surface area contributed by atoms with E-state index in [-0.39, 0.29) is 5.91 Å². The Labute approximate surface area is 152 Å². The van der Waals surface area contributed by atoms with Crippen molar-refractivity contribution in [2.45, 2.75) is 52.1 Å². The molecule has 2 fully saturated rings. The first-order chi connectivity index (χ1) is 12.1. The number of hydrogen-bond acceptors (Lipinski definition) is 3. The fraction of sp³-hybridized carbons (Fsp3) is 0.667. The summed E-state index contributed by atoms with van der Waals surface area (Å²) in [7, 11) is 0. The molecule has 1 aliphatic carbocycles. The van der Waals surface area contributed by atoms with Crippen LogP contribution >= 0.6 is 0 Å². The third-order valence-electron chi connectivity index (χ3n) is 5.95. The van der Waals surface area contributed by atoms with Gasteiger partial charge in [0.25, 0.3) is 0 Å². The minimum absolute atomic E-state index is 0.214. The first kappa shape index (κ1) is 18.4. The molecule has 1 amide bonds. The van der Waals surface area contributed by atoms with Crippen molar-refractivity contribution in [3.63, 3.8) is 0 Å². The quantitative estimate of drug-likeness (QED) is 0.893. The van der Waals surface area contributed by atoms with E-state index in [1.165, 1.54) is 30.4 Å². The number of carbonyl (C=O) groups is 1. The molecule has 0 aromatic heterocycles. The van der Waals surface area contributed by atoms with Crippen molar-refractivity contribution in [1.29, 1.82) is 0 Å². The predicted octanol–water partition coefficient (Wildman–Crippen LogP) is 2.81. The van der Waals surface area contributed by atoms with Crippen molar-refractivity contribution in [3.05, 3.63) is 35.4 Å². The molecule has 1 heterocycles. The summed E-state index contributed by atoms with van der Waals surface area (Å²) in [6.07, 6.45) is 4.98. The van der Waals surface area contributed by atoms with Gasteiger partial charge in [0.05, 0.1) is 6.54 Å². The summed E-state index contributed by atoms with van der Waals surface area (Å²) >= 11 is 0. The van der Waals surface area contributed by atoms with Crippen molar-refractivity contribution < 1.29 is 4.79 Å². The number of aryl methyl sites for hydroxylation is 1. The van der Waals surface area contributed by atoms with Crippen LogP contribution in [-0.4, -0.2) is 54.5 Å². The maximum Gasteiger partial charge on any atom is 0.234 e. The average Bonchev–Trinajstić information content (AvgIpc) is 2.61. The normalized spacial score (nSPS) is 25.7. The van der Waals surface area contributed by atoms with E-state index in [1.807, 2.05) is 0 Å². The van der Waals surface area contributed by atoms with Gasteiger partial charge in [0.1, 0.15) is 0 Å². The lowest BCUT2D eigenvalue weighted by atomic mass is 9.86. The first-order valence-corrected chi connectivity index (χ1v) is 9.90. The highest BCUT2D eigenvalue weighted by molar-refractivity contribution is 5.78. The standard InChI is InChI=1S/C21H33N3O/c1-17-7-3-5-9-19(17)15-23-11-13-24(14-12-23)16-21(25)22-20-10-6-4-8-18(20)2/h3,5,7,9,18,20H,4,6,8,10-16H2,1-2H3,(H,22,25)/t18-,20-/m0/s1. The highest BCUT2D eigenvalue weighted by atomic mass is 16.2. The third kappa shape index (κ3) is 5.29. The van der Waals surface area contributed by atoms with Gasteiger partial charge < -0.3 is 5.32 Å². The van der Waals surface area contributed by atoms with Crippen LogP contribution in [0, 0.1) is 12.8 Å². The molecule has 1 N–H and O–H groups in total. The zero-order valence-corrected chi connectivity index (χ0v) is 15.8. The van der Waals surface area contributed by atoms with Gasteiger partial charge in [0.2, 0.25) is 5.91 Å². The molecular weight excluding hydrogens is 310 g/mol. The van der Waals surface area contributed by atoms with E-state index >= 15 is 0 Å². The number of nitrogens with one attached hydrogen (secondary N) is 1. The Morgan fingerprint density at radius 3 is 2.48 bits per heavy atom. The van der Waals surface area contributed by atoms with Crippen LogP contribution in [0.4, 0.5) is 0 Å². The highest BCUT2D eigenvalue weighted by Gasteiger charge is 2.24. The zero-order chi connectivity index (χ0) is 17.6. The topological polar surface area (TPSA) is 35.6 Å². The van der Waals surface area contributed by atoms with Crippen LogP contribution in [0.5, 0.6) is 0 Å². The van der Waals surface area contributed by atoms with Crippen molar-refractivity contribution >= 4 is 5.91 Å². The average molecular weight is 344 g/mol. The first-order valence-electron chi connectivity index (χ1n) is 9.90. The Hall–Kier alpha value is -1.39. The second-order valence-corrected chi connectivity index (χ2v) is 7.91. The lowest BCUT2D eigenvalue weighted by molar-refractivity contribution is -0.124. The van der Waals surface area contributed by atoms with Gasteiger partial charge in [-0.3, -0.25) is 14.6 Å². The van der Waals surface area contributed by atoms with E-state index in [1.54, 1.807) is 0 Å². The SMILES string of the molecule is Cc1ccccc1CN1CCN(CC(=O)N[C@H]2CCCC[C@@H]2C)CC1. The Bertz CT molecular complexity index is 566. The summed E-state index contributed by atoms with van der Waals surface area (Å²) in [4.78, 5) is 17.2. The molecule has 3 rings (SSSR count). The molecule has 0 spiro atoms. The minimum Gasteiger partial charge on any atom is -0.352 e. The van der Waals surface area contributed by atoms with Gasteiger partial charge in [-0.05, 0) is 36.8 Å². The second kappa shape index (κ2) is 8.81. The van der Waals surface area contributed by atoms with Gasteiger partial charge in [-0.1, -0.05) is 44.0 Å². The number of amides is 1. The van der Waals surface area contributed by atoms with Crippen molar-refractivity contribution in [3.8, 4) is 0 Å². The predicted molar refractivity (Wildman–Crippen MR) is 102 cm³/mol. The van der Waals surface area contributed by atoms with Crippen molar-refractivity contribution in [2.75, 3.05) is 32.7 Å². The monoisotopic (exact) mass is 343 g/mol. The number of hydrogen-bond donors (Lipinski definition) is 1. The molecule has 138 valence electrons. The summed E-state index contributed by atoms with van der Waals surface area (Å²) in [6, 6.07) is 9.02. The maximum atomic E-state index is 12.4. The van der Waals surface area contributed by atoms with Crippen molar-refractivity contribution in [1.82, 2.24) is 15.1 Å². The number of benzene rings is 1. The van der Waals surface area contributed by atoms with Crippen LogP contribution < -0.4 is 5.32 Å². The fourth-order valence-corrected chi connectivity index (χ4v) is 4.12. The third-order valence-corrected chi connectivity index (χ3v) is 5.95. The smallest absolute Gasteiger partial charge is 0.234 e. The van der Waals surface area contributed by atoms with E-state index in [0.717, 1.165) is 39.1 Å². The number of carbonyl (C=O) groups excluding carboxylic acids is 1. The summed E-state index contributed by atoms with van der Waals surface area (Å²) < 4.78 is 0. The molecule has 1 aromatic rings.